The van der Waals surface area contributed by atoms with Gasteiger partial charge in [-0.25, -0.2) is 9.97 Å². The van der Waals surface area contributed by atoms with Crippen LogP contribution in [-0.2, 0) is 5.41 Å². The second kappa shape index (κ2) is 15.2. The zero-order valence-electron chi connectivity index (χ0n) is 35.9. The fraction of sp³-hybridized carbons (Fsp3) is 0.0820. The van der Waals surface area contributed by atoms with Gasteiger partial charge in [0.15, 0.2) is 5.82 Å². The van der Waals surface area contributed by atoms with Crippen molar-refractivity contribution in [3.63, 3.8) is 0 Å². The summed E-state index contributed by atoms with van der Waals surface area (Å²) in [6.07, 6.45) is 9.62. The summed E-state index contributed by atoms with van der Waals surface area (Å²) < 4.78 is 2.40. The van der Waals surface area contributed by atoms with Crippen molar-refractivity contribution in [1.29, 1.82) is 0 Å². The van der Waals surface area contributed by atoms with Crippen LogP contribution in [0.4, 0.5) is 0 Å². The predicted molar refractivity (Wildman–Crippen MR) is 267 cm³/mol. The highest BCUT2D eigenvalue weighted by Crippen LogP contribution is 2.49. The van der Waals surface area contributed by atoms with E-state index in [0.29, 0.717) is 0 Å². The van der Waals surface area contributed by atoms with E-state index in [1.165, 1.54) is 66.4 Å². The minimum atomic E-state index is -0.0249. The van der Waals surface area contributed by atoms with Crippen molar-refractivity contribution in [3.8, 4) is 72.8 Å². The first-order valence-corrected chi connectivity index (χ1v) is 22.3. The number of rotatable bonds is 7. The summed E-state index contributed by atoms with van der Waals surface area (Å²) in [5.41, 5.74) is 20.1. The van der Waals surface area contributed by atoms with Gasteiger partial charge < -0.3 is 4.57 Å². The third-order valence-corrected chi connectivity index (χ3v) is 13.5. The number of aromatic nitrogens is 3. The molecule has 1 unspecified atom stereocenters. The van der Waals surface area contributed by atoms with Crippen molar-refractivity contribution >= 4 is 21.8 Å². The number of hydrogen-bond donors (Lipinski definition) is 0. The lowest BCUT2D eigenvalue weighted by molar-refractivity contribution is 0.660. The zero-order chi connectivity index (χ0) is 42.8. The van der Waals surface area contributed by atoms with Crippen LogP contribution in [0.3, 0.4) is 0 Å². The van der Waals surface area contributed by atoms with Crippen LogP contribution >= 0.6 is 0 Å². The van der Waals surface area contributed by atoms with Crippen LogP contribution in [0.1, 0.15) is 43.0 Å². The Morgan fingerprint density at radius 1 is 0.453 bits per heavy atom. The third kappa shape index (κ3) is 6.43. The molecule has 12 rings (SSSR count). The molecule has 0 bridgehead atoms. The van der Waals surface area contributed by atoms with E-state index in [-0.39, 0.29) is 11.3 Å². The van der Waals surface area contributed by atoms with E-state index in [4.69, 9.17) is 9.97 Å². The summed E-state index contributed by atoms with van der Waals surface area (Å²) in [5.74, 6) is 0.933. The van der Waals surface area contributed by atoms with E-state index in [0.717, 1.165) is 51.5 Å². The molecule has 8 aromatic carbocycles. The molecule has 3 heteroatoms. The highest BCUT2D eigenvalue weighted by molar-refractivity contribution is 6.10. The van der Waals surface area contributed by atoms with Crippen molar-refractivity contribution in [3.05, 3.63) is 235 Å². The largest absolute Gasteiger partial charge is 0.309 e. The first-order chi connectivity index (χ1) is 31.5. The highest BCUT2D eigenvalue weighted by Gasteiger charge is 2.35. The van der Waals surface area contributed by atoms with Crippen LogP contribution in [0.15, 0.2) is 218 Å². The molecule has 0 spiro atoms. The highest BCUT2D eigenvalue weighted by atomic mass is 15.0. The van der Waals surface area contributed by atoms with Crippen molar-refractivity contribution in [1.82, 2.24) is 14.5 Å². The van der Waals surface area contributed by atoms with Gasteiger partial charge in [-0.1, -0.05) is 190 Å². The predicted octanol–water partition coefficient (Wildman–Crippen LogP) is 15.8. The molecule has 0 radical (unpaired) electrons. The Kier molecular flexibility index (Phi) is 8.98. The molecule has 0 fully saturated rings. The standard InChI is InChI=1S/C61H45N3/c1-61(2)54-25-11-9-23-50(54)51-33-31-46(37-55(51)61)41-29-27-40(28-30-41)44-19-13-20-45(35-44)47-32-34-53-52-24-10-12-26-58(52)64(59(53)38-47)49-22-14-21-48(36-49)60-62-56(42-15-5-3-6-16-42)39-57(63-60)43-17-7-4-8-18-43/h3-17,19-39,43H,18H2,1-2H3. The number of para-hydroxylation sites is 1. The molecule has 0 N–H and O–H groups in total. The average molecular weight is 820 g/mol. The smallest absolute Gasteiger partial charge is 0.160 e. The van der Waals surface area contributed by atoms with Crippen molar-refractivity contribution < 1.29 is 0 Å². The second-order valence-corrected chi connectivity index (χ2v) is 17.7. The van der Waals surface area contributed by atoms with Crippen molar-refractivity contribution in [2.24, 2.45) is 0 Å². The molecule has 0 aliphatic heterocycles. The summed E-state index contributed by atoms with van der Waals surface area (Å²) in [5, 5.41) is 2.44. The Morgan fingerprint density at radius 3 is 1.92 bits per heavy atom. The molecule has 1 atom stereocenters. The summed E-state index contributed by atoms with van der Waals surface area (Å²) in [6, 6.07) is 70.8. The molecule has 2 aromatic heterocycles. The zero-order valence-corrected chi connectivity index (χ0v) is 35.9. The van der Waals surface area contributed by atoms with Crippen LogP contribution in [0, 0.1) is 0 Å². The van der Waals surface area contributed by atoms with Gasteiger partial charge >= 0.3 is 0 Å². The monoisotopic (exact) mass is 819 g/mol. The summed E-state index contributed by atoms with van der Waals surface area (Å²) in [4.78, 5) is 10.4. The molecule has 10 aromatic rings. The topological polar surface area (TPSA) is 30.7 Å². The average Bonchev–Trinajstić information content (AvgIpc) is 3.82. The number of benzene rings is 8. The molecule has 304 valence electrons. The fourth-order valence-corrected chi connectivity index (χ4v) is 10.2. The molecule has 2 aliphatic carbocycles. The minimum absolute atomic E-state index is 0.0249. The van der Waals surface area contributed by atoms with E-state index in [1.54, 1.807) is 0 Å². The number of hydrogen-bond acceptors (Lipinski definition) is 2. The van der Waals surface area contributed by atoms with E-state index in [1.807, 2.05) is 6.07 Å². The molecular weight excluding hydrogens is 775 g/mol. The summed E-state index contributed by atoms with van der Waals surface area (Å²) in [6.45, 7) is 4.69. The molecule has 3 nitrogen and oxygen atoms in total. The molecule has 0 amide bonds. The van der Waals surface area contributed by atoms with E-state index < -0.39 is 0 Å². The van der Waals surface area contributed by atoms with Crippen LogP contribution in [0.2, 0.25) is 0 Å². The Hall–Kier alpha value is -7.88. The van der Waals surface area contributed by atoms with Gasteiger partial charge in [-0.2, -0.15) is 0 Å². The van der Waals surface area contributed by atoms with Gasteiger partial charge in [0.25, 0.3) is 0 Å². The van der Waals surface area contributed by atoms with E-state index in [9.17, 15) is 0 Å². The lowest BCUT2D eigenvalue weighted by Crippen LogP contribution is -2.14. The van der Waals surface area contributed by atoms with Gasteiger partial charge in [-0.05, 0) is 105 Å². The quantitative estimate of drug-likeness (QED) is 0.160. The van der Waals surface area contributed by atoms with E-state index in [2.05, 4.69) is 231 Å². The molecule has 0 saturated carbocycles. The molecule has 0 saturated heterocycles. The normalized spacial score (nSPS) is 14.8. The van der Waals surface area contributed by atoms with Gasteiger partial charge in [0.05, 0.1) is 22.4 Å². The van der Waals surface area contributed by atoms with Crippen LogP contribution in [-0.4, -0.2) is 14.5 Å². The van der Waals surface area contributed by atoms with Gasteiger partial charge in [0.1, 0.15) is 0 Å². The minimum Gasteiger partial charge on any atom is -0.309 e. The van der Waals surface area contributed by atoms with Crippen molar-refractivity contribution in [2.75, 3.05) is 0 Å². The lowest BCUT2D eigenvalue weighted by atomic mass is 9.81. The summed E-state index contributed by atoms with van der Waals surface area (Å²) in [7, 11) is 0. The first kappa shape index (κ1) is 37.8. The second-order valence-electron chi connectivity index (χ2n) is 17.7. The van der Waals surface area contributed by atoms with Crippen LogP contribution in [0.25, 0.3) is 94.6 Å². The lowest BCUT2D eigenvalue weighted by Gasteiger charge is -2.22. The maximum Gasteiger partial charge on any atom is 0.160 e. The first-order valence-electron chi connectivity index (χ1n) is 22.3. The fourth-order valence-electron chi connectivity index (χ4n) is 10.2. The Balaban J connectivity index is 0.899. The van der Waals surface area contributed by atoms with Crippen molar-refractivity contribution in [2.45, 2.75) is 31.6 Å². The Labute approximate surface area is 374 Å². The van der Waals surface area contributed by atoms with Crippen LogP contribution < -0.4 is 0 Å². The number of nitrogens with zero attached hydrogens (tertiary/aromatic N) is 3. The van der Waals surface area contributed by atoms with Crippen LogP contribution in [0.5, 0.6) is 0 Å². The Bertz CT molecular complexity index is 3490. The molecule has 2 aliphatic rings. The van der Waals surface area contributed by atoms with Gasteiger partial charge in [0.2, 0.25) is 0 Å². The SMILES string of the molecule is CC1(C)c2ccccc2-c2ccc(-c3ccc(-c4cccc(-c5ccc6c7ccccc7n(-c7cccc(-c8nc(-c9ccccc9)cc(C9C=CC=CC9)n8)c7)c6c5)c4)cc3)cc21. The molecular formula is C61H45N3. The molecule has 64 heavy (non-hydrogen) atoms. The van der Waals surface area contributed by atoms with E-state index >= 15 is 0 Å². The maximum absolute atomic E-state index is 5.23. The van der Waals surface area contributed by atoms with Gasteiger partial charge in [0, 0.05) is 38.9 Å². The molecule has 2 heterocycles. The third-order valence-electron chi connectivity index (χ3n) is 13.5. The number of allylic oxidation sites excluding steroid dienone is 4. The Morgan fingerprint density at radius 2 is 1.09 bits per heavy atom. The summed E-state index contributed by atoms with van der Waals surface area (Å²) >= 11 is 0. The van der Waals surface area contributed by atoms with Gasteiger partial charge in [-0.3, -0.25) is 0 Å². The van der Waals surface area contributed by atoms with Gasteiger partial charge in [-0.15, -0.1) is 0 Å². The maximum atomic E-state index is 5.23. The number of fused-ring (bicyclic) bond motifs is 6.